The Morgan fingerprint density at radius 3 is 0.889 bits per heavy atom. The van der Waals surface area contributed by atoms with Gasteiger partial charge in [0.15, 0.2) is 11.6 Å². The SMILES string of the molecule is CCC(=O)COc1c(COCc2ccccc2)cc(C(C)(C)c2cc(COCc3ccccc3)c(OCC(=O)CC)c(COCc3ccccc3)c2)cc1COCc1ccccc1. The first-order valence-corrected chi connectivity index (χ1v) is 21.8. The summed E-state index contributed by atoms with van der Waals surface area (Å²) in [4.78, 5) is 25.4. The number of benzene rings is 6. The van der Waals surface area contributed by atoms with Gasteiger partial charge in [-0.3, -0.25) is 9.59 Å². The minimum atomic E-state index is -0.611. The van der Waals surface area contributed by atoms with Crippen molar-refractivity contribution in [2.75, 3.05) is 13.2 Å². The van der Waals surface area contributed by atoms with Crippen molar-refractivity contribution in [2.24, 2.45) is 0 Å². The summed E-state index contributed by atoms with van der Waals surface area (Å²) >= 11 is 0. The maximum Gasteiger partial charge on any atom is 0.169 e. The van der Waals surface area contributed by atoms with Crippen molar-refractivity contribution < 1.29 is 38.0 Å². The van der Waals surface area contributed by atoms with Crippen molar-refractivity contribution in [3.8, 4) is 11.5 Å². The largest absolute Gasteiger partial charge is 0.485 e. The predicted octanol–water partition coefficient (Wildman–Crippen LogP) is 11.6. The molecule has 0 fully saturated rings. The van der Waals surface area contributed by atoms with E-state index in [1.165, 1.54) is 0 Å². The molecule has 328 valence electrons. The van der Waals surface area contributed by atoms with Crippen molar-refractivity contribution in [2.45, 2.75) is 98.8 Å². The zero-order valence-corrected chi connectivity index (χ0v) is 37.1. The second-order valence-electron chi connectivity index (χ2n) is 16.1. The average molecular weight is 849 g/mol. The predicted molar refractivity (Wildman–Crippen MR) is 246 cm³/mol. The highest BCUT2D eigenvalue weighted by Gasteiger charge is 2.29. The van der Waals surface area contributed by atoms with Crippen molar-refractivity contribution in [3.05, 3.63) is 201 Å². The van der Waals surface area contributed by atoms with E-state index in [1.54, 1.807) is 0 Å². The molecular weight excluding hydrogens is 789 g/mol. The van der Waals surface area contributed by atoms with Crippen LogP contribution in [-0.2, 0) is 86.8 Å². The lowest BCUT2D eigenvalue weighted by molar-refractivity contribution is -0.121. The highest BCUT2D eigenvalue weighted by Crippen LogP contribution is 2.40. The van der Waals surface area contributed by atoms with Crippen LogP contribution < -0.4 is 9.47 Å². The van der Waals surface area contributed by atoms with E-state index in [0.29, 0.717) is 50.8 Å². The highest BCUT2D eigenvalue weighted by molar-refractivity contribution is 5.80. The summed E-state index contributed by atoms with van der Waals surface area (Å²) in [6.07, 6.45) is 0.734. The molecule has 0 aliphatic carbocycles. The molecule has 0 radical (unpaired) electrons. The fourth-order valence-corrected chi connectivity index (χ4v) is 7.12. The summed E-state index contributed by atoms with van der Waals surface area (Å²) in [6.45, 7) is 10.5. The summed E-state index contributed by atoms with van der Waals surface area (Å²) in [5.74, 6) is 1.18. The number of hydrogen-bond donors (Lipinski definition) is 0. The first kappa shape index (κ1) is 46.6. The van der Waals surface area contributed by atoms with E-state index in [0.717, 1.165) is 55.6 Å². The Balaban J connectivity index is 1.42. The molecule has 0 bridgehead atoms. The summed E-state index contributed by atoms with van der Waals surface area (Å²) in [5.41, 5.74) is 8.85. The molecule has 6 aromatic carbocycles. The van der Waals surface area contributed by atoms with Gasteiger partial charge < -0.3 is 28.4 Å². The molecule has 6 aromatic rings. The van der Waals surface area contributed by atoms with Crippen LogP contribution in [0.25, 0.3) is 0 Å². The van der Waals surface area contributed by atoms with Gasteiger partial charge in [-0.05, 0) is 57.6 Å². The number of ether oxygens (including phenoxy) is 6. The van der Waals surface area contributed by atoms with Crippen LogP contribution >= 0.6 is 0 Å². The maximum absolute atomic E-state index is 12.7. The molecule has 0 heterocycles. The normalized spacial score (nSPS) is 11.4. The molecule has 0 aliphatic heterocycles. The van der Waals surface area contributed by atoms with Gasteiger partial charge >= 0.3 is 0 Å². The topological polar surface area (TPSA) is 89.5 Å². The van der Waals surface area contributed by atoms with Crippen LogP contribution in [0.15, 0.2) is 146 Å². The third kappa shape index (κ3) is 14.1. The Hall–Kier alpha value is -5.90. The summed E-state index contributed by atoms with van der Waals surface area (Å²) < 4.78 is 38.2. The van der Waals surface area contributed by atoms with E-state index < -0.39 is 5.41 Å². The third-order valence-electron chi connectivity index (χ3n) is 10.9. The van der Waals surface area contributed by atoms with E-state index in [2.05, 4.69) is 38.1 Å². The lowest BCUT2D eigenvalue weighted by atomic mass is 9.76. The molecule has 0 aliphatic rings. The van der Waals surface area contributed by atoms with Gasteiger partial charge in [-0.2, -0.15) is 0 Å². The van der Waals surface area contributed by atoms with Gasteiger partial charge in [0.1, 0.15) is 24.7 Å². The third-order valence-corrected chi connectivity index (χ3v) is 10.9. The molecule has 0 saturated heterocycles. The number of ketones is 2. The molecule has 0 atom stereocenters. The van der Waals surface area contributed by atoms with E-state index >= 15 is 0 Å². The van der Waals surface area contributed by atoms with Crippen LogP contribution in [0.5, 0.6) is 11.5 Å². The zero-order chi connectivity index (χ0) is 44.3. The molecule has 0 saturated carbocycles. The Morgan fingerprint density at radius 2 is 0.651 bits per heavy atom. The second kappa shape index (κ2) is 24.1. The zero-order valence-electron chi connectivity index (χ0n) is 37.1. The van der Waals surface area contributed by atoms with E-state index in [-0.39, 0.29) is 51.2 Å². The van der Waals surface area contributed by atoms with Crippen LogP contribution in [0.4, 0.5) is 0 Å². The molecule has 6 rings (SSSR count). The van der Waals surface area contributed by atoms with Crippen LogP contribution in [-0.4, -0.2) is 24.8 Å². The maximum atomic E-state index is 12.7. The number of Topliss-reactive ketones (excluding diaryl/α,β-unsaturated/α-hetero) is 2. The van der Waals surface area contributed by atoms with Gasteiger partial charge in [-0.25, -0.2) is 0 Å². The van der Waals surface area contributed by atoms with Crippen molar-refractivity contribution >= 4 is 11.6 Å². The first-order valence-electron chi connectivity index (χ1n) is 21.8. The van der Waals surface area contributed by atoms with Crippen LogP contribution in [0, 0.1) is 0 Å². The molecule has 8 nitrogen and oxygen atoms in total. The number of carbonyl (C=O) groups excluding carboxylic acids is 2. The summed E-state index contributed by atoms with van der Waals surface area (Å²) in [7, 11) is 0. The van der Waals surface area contributed by atoms with Crippen LogP contribution in [0.1, 0.15) is 96.2 Å². The first-order chi connectivity index (χ1) is 30.7. The minimum absolute atomic E-state index is 0.00122. The molecular formula is C55H60O8. The quantitative estimate of drug-likeness (QED) is 0.0533. The summed E-state index contributed by atoms with van der Waals surface area (Å²) in [6, 6.07) is 48.7. The molecule has 0 amide bonds. The van der Waals surface area contributed by atoms with Gasteiger partial charge in [-0.15, -0.1) is 0 Å². The van der Waals surface area contributed by atoms with Gasteiger partial charge in [0, 0.05) is 40.5 Å². The molecule has 0 aromatic heterocycles. The van der Waals surface area contributed by atoms with E-state index in [1.807, 2.05) is 135 Å². The van der Waals surface area contributed by atoms with Gasteiger partial charge in [-0.1, -0.05) is 149 Å². The Morgan fingerprint density at radius 1 is 0.397 bits per heavy atom. The molecule has 0 N–H and O–H groups in total. The Kier molecular flexibility index (Phi) is 17.8. The van der Waals surface area contributed by atoms with Gasteiger partial charge in [0.05, 0.1) is 52.9 Å². The number of carbonyl (C=O) groups is 2. The smallest absolute Gasteiger partial charge is 0.169 e. The Labute approximate surface area is 373 Å². The average Bonchev–Trinajstić information content (AvgIpc) is 3.31. The van der Waals surface area contributed by atoms with Gasteiger partial charge in [0.2, 0.25) is 0 Å². The highest BCUT2D eigenvalue weighted by atomic mass is 16.5. The Bertz CT molecular complexity index is 2030. The lowest BCUT2D eigenvalue weighted by Crippen LogP contribution is -2.22. The number of rotatable bonds is 26. The minimum Gasteiger partial charge on any atom is -0.485 e. The monoisotopic (exact) mass is 848 g/mol. The summed E-state index contributed by atoms with van der Waals surface area (Å²) in [5, 5.41) is 0. The fourth-order valence-electron chi connectivity index (χ4n) is 7.12. The van der Waals surface area contributed by atoms with Crippen molar-refractivity contribution in [1.29, 1.82) is 0 Å². The molecule has 63 heavy (non-hydrogen) atoms. The molecule has 8 heteroatoms. The van der Waals surface area contributed by atoms with E-state index in [4.69, 9.17) is 28.4 Å². The fraction of sp³-hybridized carbons (Fsp3) is 0.309. The van der Waals surface area contributed by atoms with E-state index in [9.17, 15) is 9.59 Å². The molecule has 0 unspecified atom stereocenters. The molecule has 0 spiro atoms. The number of hydrogen-bond acceptors (Lipinski definition) is 8. The lowest BCUT2D eigenvalue weighted by Gasteiger charge is -2.30. The standard InChI is InChI=1S/C55H60O8/c1-5-51(56)39-62-53-45(35-58-31-41-19-11-7-12-20-41)27-49(28-46(53)36-59-32-42-21-13-8-14-22-42)55(3,4)50-29-47(37-60-33-43-23-15-9-16-24-43)54(63-40-52(57)6-2)48(30-50)38-61-34-44-25-17-10-18-26-44/h7-30H,5-6,31-40H2,1-4H3. The van der Waals surface area contributed by atoms with Gasteiger partial charge in [0.25, 0.3) is 0 Å². The van der Waals surface area contributed by atoms with Crippen LogP contribution in [0.3, 0.4) is 0 Å². The van der Waals surface area contributed by atoms with Crippen LogP contribution in [0.2, 0.25) is 0 Å². The van der Waals surface area contributed by atoms with Crippen molar-refractivity contribution in [3.63, 3.8) is 0 Å². The van der Waals surface area contributed by atoms with Crippen molar-refractivity contribution in [1.82, 2.24) is 0 Å². The second-order valence-corrected chi connectivity index (χ2v) is 16.1.